The van der Waals surface area contributed by atoms with E-state index in [0.717, 1.165) is 18.8 Å². The van der Waals surface area contributed by atoms with E-state index in [-0.39, 0.29) is 0 Å². The number of benzene rings is 1. The fourth-order valence-electron chi connectivity index (χ4n) is 1.15. The third-order valence-corrected chi connectivity index (χ3v) is 1.87. The number of nitriles is 1. The molecule has 0 bridgehead atoms. The highest BCUT2D eigenvalue weighted by atomic mass is 16.5. The Morgan fingerprint density at radius 2 is 2.20 bits per heavy atom. The molecule has 0 aliphatic carbocycles. The molecule has 15 heavy (non-hydrogen) atoms. The third-order valence-electron chi connectivity index (χ3n) is 1.87. The van der Waals surface area contributed by atoms with Crippen LogP contribution in [0.2, 0.25) is 0 Å². The molecule has 1 aromatic carbocycles. The standard InChI is InChI=1S/C12H15NO2/c1-2-14-7-4-8-15-12-6-3-5-11(9-12)10-13/h3,5-6,9H,2,4,7-8H2,1H3. The van der Waals surface area contributed by atoms with Crippen LogP contribution in [0.5, 0.6) is 5.75 Å². The molecule has 3 heteroatoms. The second-order valence-electron chi connectivity index (χ2n) is 3.04. The van der Waals surface area contributed by atoms with Gasteiger partial charge in [-0.15, -0.1) is 0 Å². The number of rotatable bonds is 6. The van der Waals surface area contributed by atoms with Gasteiger partial charge < -0.3 is 9.47 Å². The molecular weight excluding hydrogens is 190 g/mol. The normalized spacial score (nSPS) is 9.60. The van der Waals surface area contributed by atoms with E-state index in [9.17, 15) is 0 Å². The first-order valence-electron chi connectivity index (χ1n) is 5.07. The predicted octanol–water partition coefficient (Wildman–Crippen LogP) is 2.36. The Morgan fingerprint density at radius 1 is 1.33 bits per heavy atom. The molecule has 0 aliphatic rings. The Labute approximate surface area is 90.2 Å². The molecule has 0 N–H and O–H groups in total. The van der Waals surface area contributed by atoms with Gasteiger partial charge >= 0.3 is 0 Å². The zero-order chi connectivity index (χ0) is 10.9. The molecule has 0 aliphatic heterocycles. The van der Waals surface area contributed by atoms with Gasteiger partial charge in [0.05, 0.1) is 18.2 Å². The minimum absolute atomic E-state index is 0.620. The van der Waals surface area contributed by atoms with Crippen molar-refractivity contribution in [2.45, 2.75) is 13.3 Å². The molecule has 0 saturated carbocycles. The molecule has 0 atom stereocenters. The Balaban J connectivity index is 2.28. The smallest absolute Gasteiger partial charge is 0.120 e. The first kappa shape index (κ1) is 11.5. The van der Waals surface area contributed by atoms with Crippen LogP contribution in [-0.2, 0) is 4.74 Å². The molecule has 1 rings (SSSR count). The largest absolute Gasteiger partial charge is 0.493 e. The molecule has 80 valence electrons. The lowest BCUT2D eigenvalue weighted by molar-refractivity contribution is 0.131. The number of nitrogens with zero attached hydrogens (tertiary/aromatic N) is 1. The monoisotopic (exact) mass is 205 g/mol. The molecule has 0 radical (unpaired) electrons. The predicted molar refractivity (Wildman–Crippen MR) is 57.8 cm³/mol. The summed E-state index contributed by atoms with van der Waals surface area (Å²) in [5.41, 5.74) is 0.623. The average molecular weight is 205 g/mol. The molecular formula is C12H15NO2. The molecule has 0 heterocycles. The van der Waals surface area contributed by atoms with Gasteiger partial charge in [0.1, 0.15) is 5.75 Å². The van der Waals surface area contributed by atoms with Gasteiger partial charge in [0.25, 0.3) is 0 Å². The fourth-order valence-corrected chi connectivity index (χ4v) is 1.15. The summed E-state index contributed by atoms with van der Waals surface area (Å²) in [5.74, 6) is 0.741. The highest BCUT2D eigenvalue weighted by molar-refractivity contribution is 5.36. The lowest BCUT2D eigenvalue weighted by Gasteiger charge is -2.05. The highest BCUT2D eigenvalue weighted by Gasteiger charge is 1.95. The summed E-state index contributed by atoms with van der Waals surface area (Å²) < 4.78 is 10.6. The lowest BCUT2D eigenvalue weighted by Crippen LogP contribution is -2.02. The van der Waals surface area contributed by atoms with Crippen LogP contribution in [0.25, 0.3) is 0 Å². The van der Waals surface area contributed by atoms with E-state index in [1.807, 2.05) is 19.1 Å². The summed E-state index contributed by atoms with van der Waals surface area (Å²) in [6.07, 6.45) is 0.866. The Hall–Kier alpha value is -1.53. The lowest BCUT2D eigenvalue weighted by atomic mass is 10.2. The van der Waals surface area contributed by atoms with Crippen LogP contribution >= 0.6 is 0 Å². The summed E-state index contributed by atoms with van der Waals surface area (Å²) in [5, 5.41) is 8.68. The SMILES string of the molecule is CCOCCCOc1cccc(C#N)c1. The van der Waals surface area contributed by atoms with Crippen molar-refractivity contribution in [1.29, 1.82) is 5.26 Å². The van der Waals surface area contributed by atoms with Crippen LogP contribution in [0.1, 0.15) is 18.9 Å². The van der Waals surface area contributed by atoms with E-state index in [1.54, 1.807) is 12.1 Å². The van der Waals surface area contributed by atoms with E-state index in [2.05, 4.69) is 6.07 Å². The van der Waals surface area contributed by atoms with Crippen LogP contribution in [0.4, 0.5) is 0 Å². The van der Waals surface area contributed by atoms with Crippen LogP contribution in [0.15, 0.2) is 24.3 Å². The van der Waals surface area contributed by atoms with Crippen LogP contribution in [0.3, 0.4) is 0 Å². The summed E-state index contributed by atoms with van der Waals surface area (Å²) in [4.78, 5) is 0. The van der Waals surface area contributed by atoms with Gasteiger partial charge in [-0.25, -0.2) is 0 Å². The molecule has 1 aromatic rings. The minimum Gasteiger partial charge on any atom is -0.493 e. The van der Waals surface area contributed by atoms with Crippen molar-refractivity contribution in [1.82, 2.24) is 0 Å². The number of hydrogen-bond donors (Lipinski definition) is 0. The fraction of sp³-hybridized carbons (Fsp3) is 0.417. The highest BCUT2D eigenvalue weighted by Crippen LogP contribution is 2.12. The van der Waals surface area contributed by atoms with Gasteiger partial charge in [0, 0.05) is 19.6 Å². The van der Waals surface area contributed by atoms with Gasteiger partial charge in [-0.2, -0.15) is 5.26 Å². The molecule has 0 aromatic heterocycles. The van der Waals surface area contributed by atoms with Gasteiger partial charge in [-0.1, -0.05) is 6.07 Å². The molecule has 0 unspecified atom stereocenters. The van der Waals surface area contributed by atoms with Crippen molar-refractivity contribution >= 4 is 0 Å². The first-order valence-corrected chi connectivity index (χ1v) is 5.07. The maximum absolute atomic E-state index is 8.68. The summed E-state index contributed by atoms with van der Waals surface area (Å²) in [6, 6.07) is 9.23. The quantitative estimate of drug-likeness (QED) is 0.669. The number of hydrogen-bond acceptors (Lipinski definition) is 3. The molecule has 0 spiro atoms. The van der Waals surface area contributed by atoms with Crippen molar-refractivity contribution in [3.05, 3.63) is 29.8 Å². The second-order valence-corrected chi connectivity index (χ2v) is 3.04. The van der Waals surface area contributed by atoms with Crippen molar-refractivity contribution < 1.29 is 9.47 Å². The van der Waals surface area contributed by atoms with Gasteiger partial charge in [-0.3, -0.25) is 0 Å². The molecule has 0 fully saturated rings. The summed E-state index contributed by atoms with van der Waals surface area (Å²) in [6.45, 7) is 4.05. The maximum atomic E-state index is 8.68. The Kier molecular flexibility index (Phi) is 5.28. The van der Waals surface area contributed by atoms with Crippen molar-refractivity contribution in [3.63, 3.8) is 0 Å². The van der Waals surface area contributed by atoms with Crippen molar-refractivity contribution in [3.8, 4) is 11.8 Å². The van der Waals surface area contributed by atoms with Crippen LogP contribution in [-0.4, -0.2) is 19.8 Å². The topological polar surface area (TPSA) is 42.2 Å². The van der Waals surface area contributed by atoms with E-state index in [4.69, 9.17) is 14.7 Å². The van der Waals surface area contributed by atoms with Gasteiger partial charge in [0.15, 0.2) is 0 Å². The summed E-state index contributed by atoms with van der Waals surface area (Å²) in [7, 11) is 0. The average Bonchev–Trinajstić information content (AvgIpc) is 2.29. The molecule has 3 nitrogen and oxygen atoms in total. The zero-order valence-electron chi connectivity index (χ0n) is 8.90. The zero-order valence-corrected chi connectivity index (χ0v) is 8.90. The van der Waals surface area contributed by atoms with Gasteiger partial charge in [0.2, 0.25) is 0 Å². The first-order chi connectivity index (χ1) is 7.36. The Bertz CT molecular complexity index is 331. The van der Waals surface area contributed by atoms with Crippen LogP contribution in [0, 0.1) is 11.3 Å². The van der Waals surface area contributed by atoms with Gasteiger partial charge in [-0.05, 0) is 25.1 Å². The van der Waals surface area contributed by atoms with Crippen molar-refractivity contribution in [2.75, 3.05) is 19.8 Å². The van der Waals surface area contributed by atoms with Crippen molar-refractivity contribution in [2.24, 2.45) is 0 Å². The van der Waals surface area contributed by atoms with E-state index in [1.165, 1.54) is 0 Å². The second kappa shape index (κ2) is 6.86. The minimum atomic E-state index is 0.620. The van der Waals surface area contributed by atoms with Crippen LogP contribution < -0.4 is 4.74 Å². The van der Waals surface area contributed by atoms with E-state index >= 15 is 0 Å². The molecule has 0 saturated heterocycles. The third kappa shape index (κ3) is 4.48. The van der Waals surface area contributed by atoms with E-state index < -0.39 is 0 Å². The Morgan fingerprint density at radius 3 is 2.93 bits per heavy atom. The number of ether oxygens (including phenoxy) is 2. The summed E-state index contributed by atoms with van der Waals surface area (Å²) >= 11 is 0. The molecule has 0 amide bonds. The maximum Gasteiger partial charge on any atom is 0.120 e. The van der Waals surface area contributed by atoms with E-state index in [0.29, 0.717) is 18.8 Å².